The molecule has 1 N–H and O–H groups in total. The lowest BCUT2D eigenvalue weighted by molar-refractivity contribution is 0.0598. The van der Waals surface area contributed by atoms with Crippen LogP contribution >= 0.6 is 11.3 Å². The van der Waals surface area contributed by atoms with Crippen LogP contribution in [0.25, 0.3) is 0 Å². The molecule has 1 aromatic heterocycles. The molecule has 0 aromatic carbocycles. The first-order valence-corrected chi connectivity index (χ1v) is 8.22. The fourth-order valence-corrected chi connectivity index (χ4v) is 4.32. The molecule has 0 bridgehead atoms. The maximum absolute atomic E-state index is 4.64. The minimum absolute atomic E-state index is 0.298. The van der Waals surface area contributed by atoms with E-state index in [-0.39, 0.29) is 0 Å². The van der Waals surface area contributed by atoms with Crippen molar-refractivity contribution in [1.82, 2.24) is 15.2 Å². The van der Waals surface area contributed by atoms with Gasteiger partial charge in [0.15, 0.2) is 0 Å². The summed E-state index contributed by atoms with van der Waals surface area (Å²) in [5.41, 5.74) is 1.45. The number of nitrogens with zero attached hydrogens (tertiary/aromatic N) is 2. The molecule has 1 aliphatic carbocycles. The van der Waals surface area contributed by atoms with Crippen molar-refractivity contribution >= 4 is 11.3 Å². The highest BCUT2D eigenvalue weighted by Crippen LogP contribution is 2.36. The van der Waals surface area contributed by atoms with E-state index in [1.807, 2.05) is 0 Å². The third kappa shape index (κ3) is 3.18. The van der Waals surface area contributed by atoms with Gasteiger partial charge in [-0.2, -0.15) is 0 Å². The number of hydrogen-bond donors (Lipinski definition) is 1. The van der Waals surface area contributed by atoms with E-state index in [9.17, 15) is 0 Å². The summed E-state index contributed by atoms with van der Waals surface area (Å²) in [6.07, 6.45) is 7.75. The lowest BCUT2D eigenvalue weighted by atomic mass is 9.74. The molecule has 3 nitrogen and oxygen atoms in total. The Morgan fingerprint density at radius 2 is 2.05 bits per heavy atom. The van der Waals surface area contributed by atoms with Gasteiger partial charge < -0.3 is 10.2 Å². The van der Waals surface area contributed by atoms with E-state index < -0.39 is 0 Å². The summed E-state index contributed by atoms with van der Waals surface area (Å²) in [4.78, 5) is 7.10. The summed E-state index contributed by atoms with van der Waals surface area (Å²) in [5.74, 6) is 0. The molecule has 1 atom stereocenters. The molecular formula is C15H27N3S. The highest BCUT2D eigenvalue weighted by atomic mass is 32.1. The van der Waals surface area contributed by atoms with Gasteiger partial charge in [0.05, 0.1) is 5.01 Å². The van der Waals surface area contributed by atoms with Crippen LogP contribution < -0.4 is 5.32 Å². The second kappa shape index (κ2) is 6.33. The van der Waals surface area contributed by atoms with E-state index in [0.29, 0.717) is 11.6 Å². The molecule has 1 aliphatic rings. The van der Waals surface area contributed by atoms with Gasteiger partial charge in [-0.05, 0) is 40.9 Å². The molecule has 1 saturated carbocycles. The molecule has 1 heterocycles. The topological polar surface area (TPSA) is 28.2 Å². The summed E-state index contributed by atoms with van der Waals surface area (Å²) in [7, 11) is 6.58. The van der Waals surface area contributed by atoms with Crippen LogP contribution in [0.5, 0.6) is 0 Å². The third-order valence-electron chi connectivity index (χ3n) is 4.65. The van der Waals surface area contributed by atoms with Crippen molar-refractivity contribution < 1.29 is 0 Å². The van der Waals surface area contributed by atoms with Gasteiger partial charge in [-0.15, -0.1) is 11.3 Å². The van der Waals surface area contributed by atoms with Crippen LogP contribution in [-0.2, 0) is 6.42 Å². The van der Waals surface area contributed by atoms with E-state index in [4.69, 9.17) is 0 Å². The average Bonchev–Trinajstić information content (AvgIpc) is 2.82. The van der Waals surface area contributed by atoms with Gasteiger partial charge in [-0.25, -0.2) is 4.98 Å². The first-order chi connectivity index (χ1) is 9.08. The maximum atomic E-state index is 4.64. The number of rotatable bonds is 5. The van der Waals surface area contributed by atoms with Gasteiger partial charge in [0, 0.05) is 29.1 Å². The van der Waals surface area contributed by atoms with Crippen molar-refractivity contribution in [3.8, 4) is 0 Å². The fraction of sp³-hybridized carbons (Fsp3) is 0.800. The number of likely N-dealkylation sites (N-methyl/N-ethyl adjacent to an activating group) is 2. The van der Waals surface area contributed by atoms with Gasteiger partial charge in [0.25, 0.3) is 0 Å². The highest BCUT2D eigenvalue weighted by Gasteiger charge is 2.41. The zero-order chi connectivity index (χ0) is 13.9. The second-order valence-corrected chi connectivity index (χ2v) is 6.93. The molecule has 1 fully saturated rings. The lowest BCUT2D eigenvalue weighted by Gasteiger charge is -2.48. The smallest absolute Gasteiger partial charge is 0.0944 e. The molecular weight excluding hydrogens is 254 g/mol. The van der Waals surface area contributed by atoms with E-state index in [2.05, 4.69) is 48.6 Å². The zero-order valence-corrected chi connectivity index (χ0v) is 13.5. The first-order valence-electron chi connectivity index (χ1n) is 7.34. The molecule has 1 unspecified atom stereocenters. The predicted molar refractivity (Wildman–Crippen MR) is 82.9 cm³/mol. The molecule has 0 spiro atoms. The number of aromatic nitrogens is 1. The SMILES string of the molecule is CNC(Cc1nc(C)cs1)C1(N(C)C)CCCCC1. The second-order valence-electron chi connectivity index (χ2n) is 5.99. The summed E-state index contributed by atoms with van der Waals surface area (Å²) < 4.78 is 0. The summed E-state index contributed by atoms with van der Waals surface area (Å²) >= 11 is 1.80. The zero-order valence-electron chi connectivity index (χ0n) is 12.7. The number of aryl methyl sites for hydroxylation is 1. The Labute approximate surface area is 121 Å². The van der Waals surface area contributed by atoms with Crippen molar-refractivity contribution in [3.05, 3.63) is 16.1 Å². The molecule has 19 heavy (non-hydrogen) atoms. The monoisotopic (exact) mass is 281 g/mol. The lowest BCUT2D eigenvalue weighted by Crippen LogP contribution is -2.60. The molecule has 0 saturated heterocycles. The van der Waals surface area contributed by atoms with Crippen LogP contribution in [0, 0.1) is 6.92 Å². The molecule has 1 aromatic rings. The van der Waals surface area contributed by atoms with Crippen LogP contribution in [-0.4, -0.2) is 42.6 Å². The van der Waals surface area contributed by atoms with Crippen molar-refractivity contribution in [3.63, 3.8) is 0 Å². The predicted octanol–water partition coefficient (Wildman–Crippen LogP) is 2.85. The largest absolute Gasteiger partial charge is 0.315 e. The Hall–Kier alpha value is -0.450. The molecule has 4 heteroatoms. The van der Waals surface area contributed by atoms with Gasteiger partial charge >= 0.3 is 0 Å². The standard InChI is InChI=1S/C15H27N3S/c1-12-11-19-14(17-12)10-13(16-2)15(18(3)4)8-6-5-7-9-15/h11,13,16H,5-10H2,1-4H3. The molecule has 0 radical (unpaired) electrons. The van der Waals surface area contributed by atoms with Crippen LogP contribution in [0.15, 0.2) is 5.38 Å². The number of nitrogens with one attached hydrogen (secondary N) is 1. The fourth-order valence-electron chi connectivity index (χ4n) is 3.50. The Balaban J connectivity index is 2.17. The van der Waals surface area contributed by atoms with Gasteiger partial charge in [0.1, 0.15) is 0 Å². The Morgan fingerprint density at radius 3 is 2.53 bits per heavy atom. The number of thiazole rings is 1. The van der Waals surface area contributed by atoms with Crippen molar-refractivity contribution in [1.29, 1.82) is 0 Å². The van der Waals surface area contributed by atoms with Gasteiger partial charge in [-0.1, -0.05) is 19.3 Å². The van der Waals surface area contributed by atoms with Crippen molar-refractivity contribution in [2.45, 2.75) is 57.0 Å². The van der Waals surface area contributed by atoms with Crippen LogP contribution in [0.4, 0.5) is 0 Å². The maximum Gasteiger partial charge on any atom is 0.0944 e. The van der Waals surface area contributed by atoms with Gasteiger partial charge in [0.2, 0.25) is 0 Å². The van der Waals surface area contributed by atoms with Crippen molar-refractivity contribution in [2.75, 3.05) is 21.1 Å². The Bertz CT molecular complexity index is 394. The summed E-state index contributed by atoms with van der Waals surface area (Å²) in [6, 6.07) is 0.494. The molecule has 0 amide bonds. The minimum atomic E-state index is 0.298. The molecule has 0 aliphatic heterocycles. The third-order valence-corrected chi connectivity index (χ3v) is 5.64. The molecule has 2 rings (SSSR count). The van der Waals surface area contributed by atoms with Crippen LogP contribution in [0.2, 0.25) is 0 Å². The highest BCUT2D eigenvalue weighted by molar-refractivity contribution is 7.09. The van der Waals surface area contributed by atoms with Crippen LogP contribution in [0.3, 0.4) is 0 Å². The summed E-state index contributed by atoms with van der Waals surface area (Å²) in [6.45, 7) is 2.08. The van der Waals surface area contributed by atoms with Crippen LogP contribution in [0.1, 0.15) is 42.8 Å². The Kier molecular flexibility index (Phi) is 4.98. The van der Waals surface area contributed by atoms with E-state index >= 15 is 0 Å². The average molecular weight is 281 g/mol. The minimum Gasteiger partial charge on any atom is -0.315 e. The molecule has 108 valence electrons. The number of hydrogen-bond acceptors (Lipinski definition) is 4. The quantitative estimate of drug-likeness (QED) is 0.899. The summed E-state index contributed by atoms with van der Waals surface area (Å²) in [5, 5.41) is 7.00. The van der Waals surface area contributed by atoms with Gasteiger partial charge in [-0.3, -0.25) is 0 Å². The van der Waals surface area contributed by atoms with E-state index in [1.54, 1.807) is 11.3 Å². The Morgan fingerprint density at radius 1 is 1.37 bits per heavy atom. The normalized spacial score (nSPS) is 20.7. The first kappa shape index (κ1) is 14.9. The van der Waals surface area contributed by atoms with E-state index in [1.165, 1.54) is 37.1 Å². The van der Waals surface area contributed by atoms with E-state index in [0.717, 1.165) is 12.1 Å². The van der Waals surface area contributed by atoms with Crippen molar-refractivity contribution in [2.24, 2.45) is 0 Å².